The predicted molar refractivity (Wildman–Crippen MR) is 131 cm³/mol. The van der Waals surface area contributed by atoms with Crippen LogP contribution < -0.4 is 4.74 Å². The lowest BCUT2D eigenvalue weighted by Gasteiger charge is -2.39. The number of nitrogens with zero attached hydrogens (tertiary/aromatic N) is 1. The lowest BCUT2D eigenvalue weighted by Crippen LogP contribution is -2.41. The number of hydrogen-bond donors (Lipinski definition) is 1. The highest BCUT2D eigenvalue weighted by Gasteiger charge is 2.43. The van der Waals surface area contributed by atoms with E-state index in [-0.39, 0.29) is 11.3 Å². The van der Waals surface area contributed by atoms with Crippen molar-refractivity contribution in [2.75, 3.05) is 27.7 Å². The zero-order valence-electron chi connectivity index (χ0n) is 20.1. The highest BCUT2D eigenvalue weighted by Crippen LogP contribution is 2.45. The molecule has 0 amide bonds. The Hall–Kier alpha value is -2.10. The van der Waals surface area contributed by atoms with Crippen LogP contribution in [0.2, 0.25) is 0 Å². The largest absolute Gasteiger partial charge is 0.497 e. The summed E-state index contributed by atoms with van der Waals surface area (Å²) in [5.74, 6) is 0.980. The summed E-state index contributed by atoms with van der Waals surface area (Å²) in [4.78, 5) is 2.20. The van der Waals surface area contributed by atoms with Crippen LogP contribution in [0.4, 0.5) is 0 Å². The molecule has 0 saturated heterocycles. The molecular formula is C28H39NO2. The van der Waals surface area contributed by atoms with Gasteiger partial charge in [-0.25, -0.2) is 0 Å². The van der Waals surface area contributed by atoms with Gasteiger partial charge in [0.2, 0.25) is 0 Å². The van der Waals surface area contributed by atoms with Gasteiger partial charge in [0.25, 0.3) is 0 Å². The maximum atomic E-state index is 12.4. The normalized spacial score (nSPS) is 23.7. The first-order valence-electron chi connectivity index (χ1n) is 11.5. The summed E-state index contributed by atoms with van der Waals surface area (Å²) in [5.41, 5.74) is 3.57. The van der Waals surface area contributed by atoms with Crippen molar-refractivity contribution in [2.45, 2.75) is 57.5 Å². The van der Waals surface area contributed by atoms with Crippen molar-refractivity contribution >= 4 is 6.08 Å². The number of methoxy groups -OCH3 is 1. The minimum Gasteiger partial charge on any atom is -0.497 e. The Morgan fingerprint density at radius 2 is 1.81 bits per heavy atom. The summed E-state index contributed by atoms with van der Waals surface area (Å²) in [5, 5.41) is 12.4. The summed E-state index contributed by atoms with van der Waals surface area (Å²) in [6.07, 6.45) is 6.34. The fourth-order valence-corrected chi connectivity index (χ4v) is 4.79. The van der Waals surface area contributed by atoms with Crippen molar-refractivity contribution in [1.82, 2.24) is 4.90 Å². The summed E-state index contributed by atoms with van der Waals surface area (Å²) in [6.45, 7) is 7.54. The topological polar surface area (TPSA) is 32.7 Å². The van der Waals surface area contributed by atoms with Gasteiger partial charge >= 0.3 is 0 Å². The molecule has 2 aromatic carbocycles. The Labute approximate surface area is 188 Å². The van der Waals surface area contributed by atoms with Gasteiger partial charge in [-0.15, -0.1) is 0 Å². The van der Waals surface area contributed by atoms with E-state index in [2.05, 4.69) is 76.2 Å². The van der Waals surface area contributed by atoms with Crippen molar-refractivity contribution in [3.63, 3.8) is 0 Å². The third-order valence-corrected chi connectivity index (χ3v) is 6.54. The minimum absolute atomic E-state index is 0.0902. The molecule has 0 aliphatic heterocycles. The standard InChI is InChI=1S/C28H39NO2/c1-27(2,3)22-14-16-23(17-15-22)28(30)24(11-7-8-12-25(28)20-29(4)5)18-21-10-9-13-26(19-21)31-6/h9-10,13-19,25,30H,7-8,11-12,20H2,1-6H3. The molecule has 2 atom stereocenters. The minimum atomic E-state index is -0.986. The van der Waals surface area contributed by atoms with E-state index in [4.69, 9.17) is 4.74 Å². The lowest BCUT2D eigenvalue weighted by molar-refractivity contribution is 0.000460. The van der Waals surface area contributed by atoms with Gasteiger partial charge in [-0.3, -0.25) is 0 Å². The summed E-state index contributed by atoms with van der Waals surface area (Å²) >= 11 is 0. The molecule has 31 heavy (non-hydrogen) atoms. The van der Waals surface area contributed by atoms with Crippen LogP contribution in [-0.2, 0) is 11.0 Å². The summed E-state index contributed by atoms with van der Waals surface area (Å²) in [6, 6.07) is 16.8. The van der Waals surface area contributed by atoms with Crippen LogP contribution in [-0.4, -0.2) is 37.8 Å². The van der Waals surface area contributed by atoms with E-state index >= 15 is 0 Å². The third kappa shape index (κ3) is 5.39. The Bertz CT molecular complexity index is 892. The van der Waals surface area contributed by atoms with E-state index in [0.717, 1.165) is 54.7 Å². The van der Waals surface area contributed by atoms with Crippen LogP contribution in [0.25, 0.3) is 6.08 Å². The number of ether oxygens (including phenoxy) is 1. The Morgan fingerprint density at radius 3 is 2.42 bits per heavy atom. The van der Waals surface area contributed by atoms with E-state index < -0.39 is 5.60 Å². The second kappa shape index (κ2) is 9.58. The SMILES string of the molecule is COc1cccc(C=C2CCCCC(CN(C)C)C2(O)c2ccc(C(C)(C)C)cc2)c1. The van der Waals surface area contributed by atoms with Gasteiger partial charge in [0.1, 0.15) is 11.4 Å². The van der Waals surface area contributed by atoms with Gasteiger partial charge in [-0.1, -0.05) is 69.7 Å². The van der Waals surface area contributed by atoms with Crippen molar-refractivity contribution in [2.24, 2.45) is 5.92 Å². The Kier molecular flexibility index (Phi) is 7.28. The van der Waals surface area contributed by atoms with Crippen molar-refractivity contribution < 1.29 is 9.84 Å². The first-order valence-corrected chi connectivity index (χ1v) is 11.5. The molecule has 2 unspecified atom stereocenters. The van der Waals surface area contributed by atoms with Crippen molar-refractivity contribution in [1.29, 1.82) is 0 Å². The Balaban J connectivity index is 2.13. The van der Waals surface area contributed by atoms with Gasteiger partial charge in [0.05, 0.1) is 7.11 Å². The van der Waals surface area contributed by atoms with Gasteiger partial charge in [-0.2, -0.15) is 0 Å². The van der Waals surface area contributed by atoms with Crippen LogP contribution in [0, 0.1) is 5.92 Å². The molecule has 1 fully saturated rings. The van der Waals surface area contributed by atoms with E-state index in [0.29, 0.717) is 0 Å². The molecule has 0 aromatic heterocycles. The van der Waals surface area contributed by atoms with Gasteiger partial charge in [-0.05, 0) is 73.2 Å². The van der Waals surface area contributed by atoms with E-state index in [1.165, 1.54) is 5.56 Å². The van der Waals surface area contributed by atoms with Gasteiger partial charge in [0.15, 0.2) is 0 Å². The maximum absolute atomic E-state index is 12.4. The fourth-order valence-electron chi connectivity index (χ4n) is 4.79. The van der Waals surface area contributed by atoms with Crippen LogP contribution >= 0.6 is 0 Å². The molecule has 3 heteroatoms. The zero-order valence-corrected chi connectivity index (χ0v) is 20.1. The Morgan fingerprint density at radius 1 is 1.10 bits per heavy atom. The van der Waals surface area contributed by atoms with Crippen LogP contribution in [0.15, 0.2) is 54.1 Å². The molecule has 1 aliphatic rings. The molecule has 168 valence electrons. The molecule has 1 aliphatic carbocycles. The van der Waals surface area contributed by atoms with E-state index in [9.17, 15) is 5.11 Å². The average molecular weight is 422 g/mol. The van der Waals surface area contributed by atoms with E-state index in [1.807, 2.05) is 18.2 Å². The fraction of sp³-hybridized carbons (Fsp3) is 0.500. The number of rotatable bonds is 5. The molecule has 3 nitrogen and oxygen atoms in total. The monoisotopic (exact) mass is 421 g/mol. The highest BCUT2D eigenvalue weighted by atomic mass is 16.5. The van der Waals surface area contributed by atoms with Gasteiger partial charge in [0, 0.05) is 12.5 Å². The number of hydrogen-bond acceptors (Lipinski definition) is 3. The molecule has 2 aromatic rings. The third-order valence-electron chi connectivity index (χ3n) is 6.54. The molecular weight excluding hydrogens is 382 g/mol. The molecule has 0 heterocycles. The van der Waals surface area contributed by atoms with Crippen LogP contribution in [0.3, 0.4) is 0 Å². The second-order valence-electron chi connectivity index (χ2n) is 10.2. The zero-order chi connectivity index (χ0) is 22.6. The summed E-state index contributed by atoms with van der Waals surface area (Å²) in [7, 11) is 5.89. The molecule has 0 bridgehead atoms. The van der Waals surface area contributed by atoms with Crippen LogP contribution in [0.5, 0.6) is 5.75 Å². The molecule has 0 spiro atoms. The average Bonchev–Trinajstić information content (AvgIpc) is 2.87. The first-order chi connectivity index (χ1) is 14.6. The number of aliphatic hydroxyl groups is 1. The van der Waals surface area contributed by atoms with Crippen molar-refractivity contribution in [3.8, 4) is 5.75 Å². The van der Waals surface area contributed by atoms with Crippen LogP contribution in [0.1, 0.15) is 63.1 Å². The molecule has 1 N–H and O–H groups in total. The maximum Gasteiger partial charge on any atom is 0.119 e. The predicted octanol–water partition coefficient (Wildman–Crippen LogP) is 6.02. The molecule has 1 saturated carbocycles. The first kappa shape index (κ1) is 23.6. The molecule has 0 radical (unpaired) electrons. The summed E-state index contributed by atoms with van der Waals surface area (Å²) < 4.78 is 5.43. The lowest BCUT2D eigenvalue weighted by atomic mass is 9.73. The van der Waals surface area contributed by atoms with Crippen molar-refractivity contribution in [3.05, 3.63) is 70.8 Å². The highest BCUT2D eigenvalue weighted by molar-refractivity contribution is 5.58. The smallest absolute Gasteiger partial charge is 0.119 e. The van der Waals surface area contributed by atoms with E-state index in [1.54, 1.807) is 7.11 Å². The second-order valence-corrected chi connectivity index (χ2v) is 10.2. The van der Waals surface area contributed by atoms with Gasteiger partial charge < -0.3 is 14.7 Å². The quantitative estimate of drug-likeness (QED) is 0.600. The molecule has 3 rings (SSSR count). The number of benzene rings is 2.